The van der Waals surface area contributed by atoms with Crippen LogP contribution >= 0.6 is 21.6 Å². The second-order valence-electron chi connectivity index (χ2n) is 9.19. The summed E-state index contributed by atoms with van der Waals surface area (Å²) in [5.41, 5.74) is 7.12. The van der Waals surface area contributed by atoms with E-state index < -0.39 is 0 Å². The van der Waals surface area contributed by atoms with Crippen LogP contribution in [0, 0.1) is 0 Å². The monoisotopic (exact) mass is 556 g/mol. The van der Waals surface area contributed by atoms with E-state index in [-0.39, 0.29) is 11.6 Å². The van der Waals surface area contributed by atoms with Gasteiger partial charge in [-0.2, -0.15) is 0 Å². The second-order valence-corrected chi connectivity index (χ2v) is 11.5. The lowest BCUT2D eigenvalue weighted by Crippen LogP contribution is -2.06. The van der Waals surface area contributed by atoms with Crippen molar-refractivity contribution in [3.8, 4) is 0 Å². The Morgan fingerprint density at radius 1 is 0.475 bits per heavy atom. The smallest absolute Gasteiger partial charge is 0.187 e. The Bertz CT molecular complexity index is 1590. The van der Waals surface area contributed by atoms with E-state index in [0.29, 0.717) is 11.1 Å². The maximum Gasteiger partial charge on any atom is 0.187 e. The molecule has 0 radical (unpaired) electrons. The summed E-state index contributed by atoms with van der Waals surface area (Å²) < 4.78 is 0. The molecule has 0 heterocycles. The first-order valence-electron chi connectivity index (χ1n) is 12.8. The first-order chi connectivity index (χ1) is 19.6. The van der Waals surface area contributed by atoms with Crippen molar-refractivity contribution < 1.29 is 9.59 Å². The van der Waals surface area contributed by atoms with E-state index in [1.165, 1.54) is 0 Å². The zero-order valence-corrected chi connectivity index (χ0v) is 23.0. The first kappa shape index (κ1) is 25.7. The van der Waals surface area contributed by atoms with Crippen molar-refractivity contribution in [2.75, 3.05) is 10.6 Å². The van der Waals surface area contributed by atoms with E-state index >= 15 is 0 Å². The number of benzene rings is 4. The predicted octanol–water partition coefficient (Wildman–Crippen LogP) is 8.58. The maximum absolute atomic E-state index is 12.4. The topological polar surface area (TPSA) is 58.2 Å². The van der Waals surface area contributed by atoms with E-state index in [2.05, 4.69) is 34.9 Å². The fourth-order valence-corrected chi connectivity index (χ4v) is 6.40. The Hall–Kier alpha value is -4.52. The van der Waals surface area contributed by atoms with Crippen LogP contribution in [0.25, 0.3) is 23.3 Å². The van der Waals surface area contributed by atoms with Gasteiger partial charge in [0.05, 0.1) is 0 Å². The van der Waals surface area contributed by atoms with Gasteiger partial charge in [0.15, 0.2) is 11.6 Å². The van der Waals surface area contributed by atoms with Gasteiger partial charge in [-0.3, -0.25) is 9.59 Å². The molecule has 194 valence electrons. The van der Waals surface area contributed by atoms with Crippen LogP contribution in [0.5, 0.6) is 0 Å². The van der Waals surface area contributed by atoms with Gasteiger partial charge in [0.1, 0.15) is 0 Å². The van der Waals surface area contributed by atoms with Crippen molar-refractivity contribution in [1.29, 1.82) is 0 Å². The molecule has 2 aliphatic rings. The summed E-state index contributed by atoms with van der Waals surface area (Å²) in [6, 6.07) is 32.1. The molecule has 0 unspecified atom stereocenters. The van der Waals surface area contributed by atoms with Crippen LogP contribution in [-0.4, -0.2) is 11.6 Å². The van der Waals surface area contributed by atoms with Crippen LogP contribution in [-0.2, 0) is 9.59 Å². The number of hydrogen-bond acceptors (Lipinski definition) is 6. The van der Waals surface area contributed by atoms with Crippen molar-refractivity contribution in [2.45, 2.75) is 9.79 Å². The van der Waals surface area contributed by atoms with Gasteiger partial charge in [0, 0.05) is 44.7 Å². The van der Waals surface area contributed by atoms with Gasteiger partial charge in [-0.1, -0.05) is 82.3 Å². The van der Waals surface area contributed by atoms with Gasteiger partial charge in [0.25, 0.3) is 0 Å². The van der Waals surface area contributed by atoms with Crippen molar-refractivity contribution in [2.24, 2.45) is 0 Å². The lowest BCUT2D eigenvalue weighted by molar-refractivity contribution is -0.110. The Balaban J connectivity index is 1.04. The van der Waals surface area contributed by atoms with Crippen LogP contribution < -0.4 is 10.6 Å². The summed E-state index contributed by atoms with van der Waals surface area (Å²) >= 11 is 0. The van der Waals surface area contributed by atoms with Crippen molar-refractivity contribution in [3.05, 3.63) is 144 Å². The number of anilines is 2. The van der Waals surface area contributed by atoms with Gasteiger partial charge in [0.2, 0.25) is 0 Å². The number of fused-ring (bicyclic) bond motifs is 2. The molecule has 4 nitrogen and oxygen atoms in total. The summed E-state index contributed by atoms with van der Waals surface area (Å²) in [5, 5.41) is 6.54. The third-order valence-electron chi connectivity index (χ3n) is 6.57. The quantitative estimate of drug-likeness (QED) is 0.176. The number of ketones is 2. The number of carbonyl (C=O) groups excluding carboxylic acids is 2. The zero-order chi connectivity index (χ0) is 27.3. The summed E-state index contributed by atoms with van der Waals surface area (Å²) in [6.07, 6.45) is 10.5. The summed E-state index contributed by atoms with van der Waals surface area (Å²) in [5.74, 6) is -0.00444. The molecule has 2 aliphatic carbocycles. The molecule has 4 aromatic carbocycles. The number of hydrogen-bond donors (Lipinski definition) is 2. The number of carbonyl (C=O) groups is 2. The molecule has 40 heavy (non-hydrogen) atoms. The predicted molar refractivity (Wildman–Crippen MR) is 169 cm³/mol. The van der Waals surface area contributed by atoms with E-state index in [0.717, 1.165) is 43.4 Å². The normalized spacial score (nSPS) is 15.7. The van der Waals surface area contributed by atoms with E-state index in [9.17, 15) is 9.59 Å². The molecule has 0 bridgehead atoms. The number of nitrogens with one attached hydrogen (secondary N) is 2. The highest BCUT2D eigenvalue weighted by Crippen LogP contribution is 2.38. The molecule has 2 N–H and O–H groups in total. The van der Waals surface area contributed by atoms with E-state index in [4.69, 9.17) is 0 Å². The minimum absolute atomic E-state index is 0.00222. The third kappa shape index (κ3) is 5.73. The molecule has 4 aromatic rings. The van der Waals surface area contributed by atoms with Crippen LogP contribution in [0.3, 0.4) is 0 Å². The van der Waals surface area contributed by atoms with Gasteiger partial charge in [-0.15, -0.1) is 0 Å². The molecule has 0 aliphatic heterocycles. The Labute approximate surface area is 241 Å². The highest BCUT2D eigenvalue weighted by molar-refractivity contribution is 8.76. The molecule has 0 saturated heterocycles. The fraction of sp³-hybridized carbons (Fsp3) is 0. The minimum atomic E-state index is -0.00222. The Kier molecular flexibility index (Phi) is 7.53. The van der Waals surface area contributed by atoms with Gasteiger partial charge >= 0.3 is 0 Å². The standard InChI is InChI=1S/C34H24N2O2S2/c37-33-19-9-23-5-1-3-7-29(23)31(33)21-35-25-11-15-27(16-12-25)39-40-28-17-13-26(14-18-28)36-22-32-30-8-4-2-6-24(30)10-20-34(32)38/h1-22,35-36H/b31-21-,32-22-. The Morgan fingerprint density at radius 2 is 0.875 bits per heavy atom. The van der Waals surface area contributed by atoms with Gasteiger partial charge < -0.3 is 10.6 Å². The number of rotatable bonds is 7. The molecule has 0 aromatic heterocycles. The summed E-state index contributed by atoms with van der Waals surface area (Å²) in [7, 11) is 3.36. The van der Waals surface area contributed by atoms with Gasteiger partial charge in [-0.25, -0.2) is 0 Å². The maximum atomic E-state index is 12.4. The number of allylic oxidation sites excluding steroid dienone is 4. The van der Waals surface area contributed by atoms with E-state index in [1.807, 2.05) is 84.9 Å². The second kappa shape index (κ2) is 11.7. The average molecular weight is 557 g/mol. The molecule has 0 spiro atoms. The minimum Gasteiger partial charge on any atom is -0.361 e. The molecule has 6 rings (SSSR count). The van der Waals surface area contributed by atoms with Crippen LogP contribution in [0.1, 0.15) is 22.3 Å². The third-order valence-corrected chi connectivity index (χ3v) is 8.99. The van der Waals surface area contributed by atoms with E-state index in [1.54, 1.807) is 46.1 Å². The Morgan fingerprint density at radius 3 is 1.30 bits per heavy atom. The molecule has 0 fully saturated rings. The van der Waals surface area contributed by atoms with Crippen LogP contribution in [0.2, 0.25) is 0 Å². The van der Waals surface area contributed by atoms with Gasteiger partial charge in [-0.05, 0) is 82.9 Å². The SMILES string of the molecule is O=C1C=Cc2ccccc2/C1=C/Nc1ccc(SSc2ccc(N/C=C3\C(=O)C=Cc4ccccc43)cc2)cc1. The van der Waals surface area contributed by atoms with Crippen LogP contribution in [0.4, 0.5) is 11.4 Å². The lowest BCUT2D eigenvalue weighted by Gasteiger charge is -2.13. The zero-order valence-electron chi connectivity index (χ0n) is 21.3. The molecular weight excluding hydrogens is 533 g/mol. The molecule has 0 saturated carbocycles. The highest BCUT2D eigenvalue weighted by Gasteiger charge is 2.17. The lowest BCUT2D eigenvalue weighted by atomic mass is 9.92. The highest BCUT2D eigenvalue weighted by atomic mass is 33.1. The fourth-order valence-electron chi connectivity index (χ4n) is 4.47. The molecule has 6 heteroatoms. The van der Waals surface area contributed by atoms with Crippen molar-refractivity contribution in [1.82, 2.24) is 0 Å². The van der Waals surface area contributed by atoms with Crippen molar-refractivity contribution in [3.63, 3.8) is 0 Å². The van der Waals surface area contributed by atoms with Crippen molar-refractivity contribution >= 4 is 67.8 Å². The summed E-state index contributed by atoms with van der Waals surface area (Å²) in [4.78, 5) is 27.1. The average Bonchev–Trinajstić information content (AvgIpc) is 3.00. The summed E-state index contributed by atoms with van der Waals surface area (Å²) in [6.45, 7) is 0. The molecule has 0 amide bonds. The first-order valence-corrected chi connectivity index (χ1v) is 14.9. The molecule has 0 atom stereocenters. The molecular formula is C34H24N2O2S2. The van der Waals surface area contributed by atoms with Crippen LogP contribution in [0.15, 0.2) is 131 Å². The largest absolute Gasteiger partial charge is 0.361 e.